The van der Waals surface area contributed by atoms with Crippen molar-refractivity contribution in [3.63, 3.8) is 0 Å². The standard InChI is InChI=1S/C12H15BrClNS/c13-11-4-3-9(6-12(11)14)7-15-8-10-2-1-5-16-10/h3-4,6,10,15H,1-2,5,7-8H2. The molecule has 16 heavy (non-hydrogen) atoms. The lowest BCUT2D eigenvalue weighted by atomic mass is 10.2. The van der Waals surface area contributed by atoms with Crippen LogP contribution in [0.5, 0.6) is 0 Å². The third-order valence-corrected chi connectivity index (χ3v) is 5.34. The molecule has 1 aliphatic rings. The Morgan fingerprint density at radius 2 is 2.38 bits per heavy atom. The molecule has 0 aromatic heterocycles. The summed E-state index contributed by atoms with van der Waals surface area (Å²) < 4.78 is 0.962. The van der Waals surface area contributed by atoms with Crippen molar-refractivity contribution in [2.45, 2.75) is 24.6 Å². The molecule has 1 aromatic rings. The van der Waals surface area contributed by atoms with Crippen LogP contribution in [0.15, 0.2) is 22.7 Å². The Bertz CT molecular complexity index is 353. The first kappa shape index (κ1) is 12.7. The molecule has 1 atom stereocenters. The summed E-state index contributed by atoms with van der Waals surface area (Å²) in [6.45, 7) is 2.02. The van der Waals surface area contributed by atoms with Crippen LogP contribution in [0.1, 0.15) is 18.4 Å². The van der Waals surface area contributed by atoms with E-state index in [-0.39, 0.29) is 0 Å². The van der Waals surface area contributed by atoms with Crippen molar-refractivity contribution in [2.24, 2.45) is 0 Å². The molecule has 0 radical (unpaired) electrons. The predicted octanol–water partition coefficient (Wildman–Crippen LogP) is 4.09. The maximum atomic E-state index is 6.04. The first-order chi connectivity index (χ1) is 7.75. The van der Waals surface area contributed by atoms with E-state index in [0.717, 1.165) is 27.8 Å². The van der Waals surface area contributed by atoms with Gasteiger partial charge >= 0.3 is 0 Å². The number of rotatable bonds is 4. The number of nitrogens with one attached hydrogen (secondary N) is 1. The summed E-state index contributed by atoms with van der Waals surface area (Å²) in [6.07, 6.45) is 2.74. The number of hydrogen-bond donors (Lipinski definition) is 1. The average Bonchev–Trinajstić information content (AvgIpc) is 2.76. The molecule has 1 N–H and O–H groups in total. The highest BCUT2D eigenvalue weighted by Gasteiger charge is 2.14. The quantitative estimate of drug-likeness (QED) is 0.897. The number of hydrogen-bond acceptors (Lipinski definition) is 2. The van der Waals surface area contributed by atoms with Gasteiger partial charge < -0.3 is 5.32 Å². The van der Waals surface area contributed by atoms with Crippen molar-refractivity contribution in [2.75, 3.05) is 12.3 Å². The molecule has 1 heterocycles. The van der Waals surface area contributed by atoms with E-state index < -0.39 is 0 Å². The monoisotopic (exact) mass is 319 g/mol. The van der Waals surface area contributed by atoms with Gasteiger partial charge in [-0.2, -0.15) is 11.8 Å². The van der Waals surface area contributed by atoms with Gasteiger partial charge in [0.25, 0.3) is 0 Å². The Balaban J connectivity index is 1.78. The number of thioether (sulfide) groups is 1. The van der Waals surface area contributed by atoms with Gasteiger partial charge in [0.1, 0.15) is 0 Å². The van der Waals surface area contributed by atoms with Crippen molar-refractivity contribution in [3.05, 3.63) is 33.3 Å². The van der Waals surface area contributed by atoms with Crippen molar-refractivity contribution in [3.8, 4) is 0 Å². The Morgan fingerprint density at radius 1 is 1.50 bits per heavy atom. The minimum atomic E-state index is 0.787. The third kappa shape index (κ3) is 3.66. The largest absolute Gasteiger partial charge is 0.312 e. The lowest BCUT2D eigenvalue weighted by molar-refractivity contribution is 0.646. The minimum Gasteiger partial charge on any atom is -0.312 e. The molecule has 2 rings (SSSR count). The maximum Gasteiger partial charge on any atom is 0.0551 e. The van der Waals surface area contributed by atoms with Gasteiger partial charge in [-0.05, 0) is 52.2 Å². The molecule has 4 heteroatoms. The average molecular weight is 321 g/mol. The zero-order chi connectivity index (χ0) is 11.4. The summed E-state index contributed by atoms with van der Waals surface area (Å²) in [7, 11) is 0. The topological polar surface area (TPSA) is 12.0 Å². The van der Waals surface area contributed by atoms with E-state index in [4.69, 9.17) is 11.6 Å². The zero-order valence-corrected chi connectivity index (χ0v) is 12.2. The second-order valence-electron chi connectivity index (χ2n) is 4.01. The molecule has 1 aromatic carbocycles. The number of benzene rings is 1. The lowest BCUT2D eigenvalue weighted by Gasteiger charge is -2.10. The maximum absolute atomic E-state index is 6.04. The van der Waals surface area contributed by atoms with Gasteiger partial charge in [-0.15, -0.1) is 0 Å². The smallest absolute Gasteiger partial charge is 0.0551 e. The molecule has 0 aliphatic carbocycles. The van der Waals surface area contributed by atoms with Crippen molar-refractivity contribution in [1.82, 2.24) is 5.32 Å². The number of halogens is 2. The first-order valence-electron chi connectivity index (χ1n) is 5.52. The van der Waals surface area contributed by atoms with Crippen LogP contribution < -0.4 is 5.32 Å². The van der Waals surface area contributed by atoms with Gasteiger partial charge in [0.15, 0.2) is 0 Å². The molecular formula is C12H15BrClNS. The summed E-state index contributed by atoms with van der Waals surface area (Å²) in [4.78, 5) is 0. The van der Waals surface area contributed by atoms with Gasteiger partial charge in [-0.3, -0.25) is 0 Å². The molecule has 1 saturated heterocycles. The highest BCUT2D eigenvalue weighted by Crippen LogP contribution is 2.26. The van der Waals surface area contributed by atoms with Crippen LogP contribution in [0.4, 0.5) is 0 Å². The summed E-state index contributed by atoms with van der Waals surface area (Å²) in [6, 6.07) is 6.12. The first-order valence-corrected chi connectivity index (χ1v) is 7.74. The Kier molecular flexibility index (Phi) is 5.01. The van der Waals surface area contributed by atoms with E-state index in [1.54, 1.807) is 0 Å². The fraction of sp³-hybridized carbons (Fsp3) is 0.500. The minimum absolute atomic E-state index is 0.787. The summed E-state index contributed by atoms with van der Waals surface area (Å²) in [5, 5.41) is 5.09. The highest BCUT2D eigenvalue weighted by molar-refractivity contribution is 9.10. The molecule has 1 fully saturated rings. The third-order valence-electron chi connectivity index (χ3n) is 2.71. The molecule has 0 saturated carbocycles. The van der Waals surface area contributed by atoms with Crippen LogP contribution in [-0.4, -0.2) is 17.5 Å². The normalized spacial score (nSPS) is 20.2. The predicted molar refractivity (Wildman–Crippen MR) is 76.3 cm³/mol. The van der Waals surface area contributed by atoms with Crippen LogP contribution in [0.2, 0.25) is 5.02 Å². The van der Waals surface area contributed by atoms with Gasteiger partial charge in [0.05, 0.1) is 5.02 Å². The lowest BCUT2D eigenvalue weighted by Crippen LogP contribution is -2.22. The van der Waals surface area contributed by atoms with E-state index in [1.807, 2.05) is 12.1 Å². The Labute approximate surface area is 114 Å². The molecular weight excluding hydrogens is 306 g/mol. The van der Waals surface area contributed by atoms with Crippen LogP contribution in [0, 0.1) is 0 Å². The van der Waals surface area contributed by atoms with Gasteiger partial charge in [0, 0.05) is 22.8 Å². The van der Waals surface area contributed by atoms with Gasteiger partial charge in [-0.25, -0.2) is 0 Å². The fourth-order valence-electron chi connectivity index (χ4n) is 1.83. The van der Waals surface area contributed by atoms with Gasteiger partial charge in [-0.1, -0.05) is 17.7 Å². The Hall–Kier alpha value is 0.300. The Morgan fingerprint density at radius 3 is 3.06 bits per heavy atom. The van der Waals surface area contributed by atoms with Crippen molar-refractivity contribution >= 4 is 39.3 Å². The molecule has 0 amide bonds. The summed E-state index contributed by atoms with van der Waals surface area (Å²) in [5.41, 5.74) is 1.25. The van der Waals surface area contributed by atoms with Gasteiger partial charge in [0.2, 0.25) is 0 Å². The molecule has 1 nitrogen and oxygen atoms in total. The van der Waals surface area contributed by atoms with E-state index in [2.05, 4.69) is 39.1 Å². The SMILES string of the molecule is Clc1cc(CNCC2CCCS2)ccc1Br. The molecule has 1 aliphatic heterocycles. The zero-order valence-electron chi connectivity index (χ0n) is 9.01. The van der Waals surface area contributed by atoms with Crippen LogP contribution >= 0.6 is 39.3 Å². The van der Waals surface area contributed by atoms with E-state index in [9.17, 15) is 0 Å². The summed E-state index contributed by atoms with van der Waals surface area (Å²) >= 11 is 11.5. The van der Waals surface area contributed by atoms with E-state index in [0.29, 0.717) is 0 Å². The van der Waals surface area contributed by atoms with Crippen LogP contribution in [0.25, 0.3) is 0 Å². The fourth-order valence-corrected chi connectivity index (χ4v) is 3.52. The molecule has 88 valence electrons. The summed E-state index contributed by atoms with van der Waals surface area (Å²) in [5.74, 6) is 1.33. The van der Waals surface area contributed by atoms with E-state index in [1.165, 1.54) is 24.2 Å². The molecule has 1 unspecified atom stereocenters. The molecule has 0 spiro atoms. The molecule has 0 bridgehead atoms. The van der Waals surface area contributed by atoms with Crippen LogP contribution in [-0.2, 0) is 6.54 Å². The second kappa shape index (κ2) is 6.29. The van der Waals surface area contributed by atoms with Crippen molar-refractivity contribution < 1.29 is 0 Å². The van der Waals surface area contributed by atoms with Crippen LogP contribution in [0.3, 0.4) is 0 Å². The highest BCUT2D eigenvalue weighted by atomic mass is 79.9. The second-order valence-corrected chi connectivity index (χ2v) is 6.68. The van der Waals surface area contributed by atoms with E-state index >= 15 is 0 Å². The van der Waals surface area contributed by atoms with Crippen molar-refractivity contribution in [1.29, 1.82) is 0 Å².